The number of methoxy groups -OCH3 is 2. The molecule has 1 saturated heterocycles. The molecule has 0 unspecified atom stereocenters. The average Bonchev–Trinajstić information content (AvgIpc) is 3.09. The van der Waals surface area contributed by atoms with Crippen molar-refractivity contribution in [2.45, 2.75) is 26.8 Å². The van der Waals surface area contributed by atoms with Gasteiger partial charge in [0.2, 0.25) is 5.95 Å². The third-order valence-corrected chi connectivity index (χ3v) is 8.49. The van der Waals surface area contributed by atoms with E-state index < -0.39 is 6.09 Å². The van der Waals surface area contributed by atoms with E-state index in [0.717, 1.165) is 61.6 Å². The number of hydrogen-bond donors (Lipinski definition) is 1. The van der Waals surface area contributed by atoms with Crippen LogP contribution >= 0.6 is 0 Å². The Morgan fingerprint density at radius 1 is 0.917 bits per heavy atom. The van der Waals surface area contributed by atoms with Crippen LogP contribution in [0.5, 0.6) is 17.2 Å². The quantitative estimate of drug-likeness (QED) is 0.182. The highest BCUT2D eigenvalue weighted by molar-refractivity contribution is 5.88. The zero-order valence-corrected chi connectivity index (χ0v) is 28.9. The SMILES string of the molecule is COc1ccc(OC)c(CN(C(=O)Oc2c(C)cccc2C)c2ccnc(Nc3ccc(N4CCN(CCCN(C)C)CC4)cc3)n2)c1. The van der Waals surface area contributed by atoms with Crippen molar-refractivity contribution in [2.75, 3.05) is 82.7 Å². The molecule has 1 aliphatic rings. The van der Waals surface area contributed by atoms with E-state index in [1.807, 2.05) is 62.4 Å². The van der Waals surface area contributed by atoms with E-state index in [1.54, 1.807) is 26.5 Å². The number of aromatic nitrogens is 2. The summed E-state index contributed by atoms with van der Waals surface area (Å²) in [5, 5.41) is 3.30. The van der Waals surface area contributed by atoms with Crippen LogP contribution in [0.1, 0.15) is 23.1 Å². The molecule has 1 aromatic heterocycles. The van der Waals surface area contributed by atoms with Crippen molar-refractivity contribution in [1.29, 1.82) is 0 Å². The number of para-hydroxylation sites is 1. The van der Waals surface area contributed by atoms with Gasteiger partial charge in [-0.1, -0.05) is 18.2 Å². The number of nitrogens with zero attached hydrogens (tertiary/aromatic N) is 6. The lowest BCUT2D eigenvalue weighted by Crippen LogP contribution is -2.46. The summed E-state index contributed by atoms with van der Waals surface area (Å²) in [5.41, 5.74) is 4.48. The topological polar surface area (TPSA) is 95.5 Å². The zero-order chi connectivity index (χ0) is 34.0. The summed E-state index contributed by atoms with van der Waals surface area (Å²) in [5.74, 6) is 2.49. The van der Waals surface area contributed by atoms with Gasteiger partial charge in [0.1, 0.15) is 23.1 Å². The number of piperazine rings is 1. The molecule has 1 amide bonds. The molecule has 1 aliphatic heterocycles. The molecule has 11 heteroatoms. The van der Waals surface area contributed by atoms with Gasteiger partial charge in [0, 0.05) is 49.3 Å². The number of rotatable bonds is 13. The van der Waals surface area contributed by atoms with Crippen molar-refractivity contribution in [3.63, 3.8) is 0 Å². The molecule has 0 radical (unpaired) electrons. The number of anilines is 4. The highest BCUT2D eigenvalue weighted by atomic mass is 16.6. The monoisotopic (exact) mass is 653 g/mol. The van der Waals surface area contributed by atoms with Gasteiger partial charge in [0.05, 0.1) is 20.8 Å². The van der Waals surface area contributed by atoms with Crippen LogP contribution in [0.15, 0.2) is 72.9 Å². The molecule has 254 valence electrons. The van der Waals surface area contributed by atoms with Crippen molar-refractivity contribution in [2.24, 2.45) is 0 Å². The highest BCUT2D eigenvalue weighted by Gasteiger charge is 2.24. The normalized spacial score (nSPS) is 13.4. The maximum absolute atomic E-state index is 13.9. The molecule has 0 aliphatic carbocycles. The minimum atomic E-state index is -0.580. The Labute approximate surface area is 284 Å². The third kappa shape index (κ3) is 8.93. The summed E-state index contributed by atoms with van der Waals surface area (Å²) >= 11 is 0. The van der Waals surface area contributed by atoms with Crippen molar-refractivity contribution in [3.05, 3.63) is 89.6 Å². The van der Waals surface area contributed by atoms with Crippen LogP contribution in [0.25, 0.3) is 0 Å². The van der Waals surface area contributed by atoms with Gasteiger partial charge in [-0.15, -0.1) is 0 Å². The Morgan fingerprint density at radius 2 is 1.65 bits per heavy atom. The predicted molar refractivity (Wildman–Crippen MR) is 191 cm³/mol. The molecule has 2 heterocycles. The van der Waals surface area contributed by atoms with Gasteiger partial charge < -0.3 is 29.3 Å². The number of ether oxygens (including phenoxy) is 3. The smallest absolute Gasteiger partial charge is 0.421 e. The van der Waals surface area contributed by atoms with Crippen LogP contribution in [0.4, 0.5) is 27.9 Å². The van der Waals surface area contributed by atoms with E-state index in [0.29, 0.717) is 29.0 Å². The Morgan fingerprint density at radius 3 is 2.31 bits per heavy atom. The Balaban J connectivity index is 1.32. The standard InChI is InChI=1S/C37H47N7O4/c1-27-9-7-10-28(2)35(27)48-37(45)44(26-29-25-32(46-5)15-16-33(29)47-6)34-17-18-38-36(40-34)39-30-11-13-31(14-12-30)43-23-21-42(22-24-43)20-8-19-41(3)4/h7,9-18,25H,8,19-24,26H2,1-6H3,(H,38,39,40). The molecule has 11 nitrogen and oxygen atoms in total. The van der Waals surface area contributed by atoms with Crippen molar-refractivity contribution >= 4 is 29.2 Å². The van der Waals surface area contributed by atoms with Crippen molar-refractivity contribution in [1.82, 2.24) is 19.8 Å². The maximum Gasteiger partial charge on any atom is 0.421 e. The molecular formula is C37H47N7O4. The van der Waals surface area contributed by atoms with Gasteiger partial charge in [-0.05, 0) is 107 Å². The van der Waals surface area contributed by atoms with Gasteiger partial charge in [-0.2, -0.15) is 4.98 Å². The van der Waals surface area contributed by atoms with E-state index in [4.69, 9.17) is 19.2 Å². The molecule has 3 aromatic carbocycles. The first-order valence-electron chi connectivity index (χ1n) is 16.3. The highest BCUT2D eigenvalue weighted by Crippen LogP contribution is 2.30. The van der Waals surface area contributed by atoms with E-state index in [-0.39, 0.29) is 6.54 Å². The summed E-state index contributed by atoms with van der Waals surface area (Å²) in [6.45, 7) is 10.4. The van der Waals surface area contributed by atoms with Gasteiger partial charge in [0.25, 0.3) is 0 Å². The fourth-order valence-electron chi connectivity index (χ4n) is 5.80. The molecule has 5 rings (SSSR count). The van der Waals surface area contributed by atoms with E-state index >= 15 is 0 Å². The third-order valence-electron chi connectivity index (χ3n) is 8.49. The molecule has 0 bridgehead atoms. The average molecular weight is 654 g/mol. The number of amides is 1. The van der Waals surface area contributed by atoms with Crippen LogP contribution in [0.2, 0.25) is 0 Å². The second-order valence-electron chi connectivity index (χ2n) is 12.2. The van der Waals surface area contributed by atoms with Gasteiger partial charge in [-0.3, -0.25) is 9.80 Å². The van der Waals surface area contributed by atoms with Crippen molar-refractivity contribution < 1.29 is 19.0 Å². The van der Waals surface area contributed by atoms with Crippen LogP contribution in [0.3, 0.4) is 0 Å². The lowest BCUT2D eigenvalue weighted by atomic mass is 10.1. The first kappa shape index (κ1) is 34.5. The molecule has 1 N–H and O–H groups in total. The molecule has 0 atom stereocenters. The Hall–Kier alpha value is -4.87. The second-order valence-corrected chi connectivity index (χ2v) is 12.2. The first-order chi connectivity index (χ1) is 23.2. The Kier molecular flexibility index (Phi) is 11.7. The van der Waals surface area contributed by atoms with Crippen molar-refractivity contribution in [3.8, 4) is 17.2 Å². The fourth-order valence-corrected chi connectivity index (χ4v) is 5.80. The maximum atomic E-state index is 13.9. The summed E-state index contributed by atoms with van der Waals surface area (Å²) in [6, 6.07) is 21.2. The minimum absolute atomic E-state index is 0.123. The van der Waals surface area contributed by atoms with Gasteiger partial charge in [-0.25, -0.2) is 9.78 Å². The lowest BCUT2D eigenvalue weighted by Gasteiger charge is -2.36. The molecule has 48 heavy (non-hydrogen) atoms. The number of carbonyl (C=O) groups is 1. The Bertz CT molecular complexity index is 1640. The number of nitrogens with one attached hydrogen (secondary N) is 1. The number of hydrogen-bond acceptors (Lipinski definition) is 10. The summed E-state index contributed by atoms with van der Waals surface area (Å²) in [6.07, 6.45) is 2.24. The zero-order valence-electron chi connectivity index (χ0n) is 28.9. The second kappa shape index (κ2) is 16.3. The van der Waals surface area contributed by atoms with Crippen LogP contribution < -0.4 is 29.3 Å². The van der Waals surface area contributed by atoms with Gasteiger partial charge in [0.15, 0.2) is 0 Å². The summed E-state index contributed by atoms with van der Waals surface area (Å²) in [4.78, 5) is 31.7. The molecule has 4 aromatic rings. The van der Waals surface area contributed by atoms with Crippen LogP contribution in [0, 0.1) is 13.8 Å². The first-order valence-corrected chi connectivity index (χ1v) is 16.3. The fraction of sp³-hybridized carbons (Fsp3) is 0.378. The number of benzene rings is 3. The molecule has 0 saturated carbocycles. The predicted octanol–water partition coefficient (Wildman–Crippen LogP) is 6.13. The summed E-state index contributed by atoms with van der Waals surface area (Å²) < 4.78 is 17.1. The largest absolute Gasteiger partial charge is 0.497 e. The van der Waals surface area contributed by atoms with E-state index in [9.17, 15) is 4.79 Å². The number of aryl methyl sites for hydroxylation is 2. The van der Waals surface area contributed by atoms with E-state index in [1.165, 1.54) is 17.0 Å². The van der Waals surface area contributed by atoms with Crippen LogP contribution in [-0.2, 0) is 6.54 Å². The minimum Gasteiger partial charge on any atom is -0.497 e. The van der Waals surface area contributed by atoms with Crippen LogP contribution in [-0.4, -0.2) is 93.4 Å². The molecule has 0 spiro atoms. The van der Waals surface area contributed by atoms with E-state index in [2.05, 4.69) is 51.2 Å². The molecule has 1 fully saturated rings. The lowest BCUT2D eigenvalue weighted by molar-refractivity contribution is 0.206. The molecular weight excluding hydrogens is 606 g/mol. The number of carbonyl (C=O) groups excluding carboxylic acids is 1. The summed E-state index contributed by atoms with van der Waals surface area (Å²) in [7, 11) is 7.44. The van der Waals surface area contributed by atoms with Gasteiger partial charge >= 0.3 is 6.09 Å².